The molecule has 1 aromatic rings. The molecule has 0 aliphatic rings. The Morgan fingerprint density at radius 2 is 1.40 bits per heavy atom. The molecule has 0 aliphatic carbocycles. The number of carbonyl (C=O) groups excluding carboxylic acids is 3. The zero-order valence-electron chi connectivity index (χ0n) is 26.2. The Bertz CT molecular complexity index is 1190. The molecule has 1 amide bonds. The van der Waals surface area contributed by atoms with E-state index in [4.69, 9.17) is 9.47 Å². The van der Waals surface area contributed by atoms with E-state index in [1.807, 2.05) is 12.2 Å². The van der Waals surface area contributed by atoms with Gasteiger partial charge < -0.3 is 40.5 Å². The number of aromatic hydroxyl groups is 3. The number of phenols is 3. The summed E-state index contributed by atoms with van der Waals surface area (Å²) in [5.74, 6) is -2.83. The van der Waals surface area contributed by atoms with Crippen LogP contribution in [-0.2, 0) is 25.6 Å². The first-order valence-electron chi connectivity index (χ1n) is 15.2. The lowest BCUT2D eigenvalue weighted by molar-refractivity contribution is -0.165. The van der Waals surface area contributed by atoms with Gasteiger partial charge in [0.2, 0.25) is 12.0 Å². The summed E-state index contributed by atoms with van der Waals surface area (Å²) in [6, 6.07) is 1.25. The fraction of sp³-hybridized carbons (Fsp3) is 0.441. The highest BCUT2D eigenvalue weighted by atomic mass is 16.7. The number of unbranched alkanes of at least 4 members (excludes halogenated alkanes) is 1. The number of alkyl carbamates (subject to hydrolysis) is 1. The number of hydrogen-bond donors (Lipinski definition) is 6. The normalized spacial score (nSPS) is 13.3. The molecule has 2 unspecified atom stereocenters. The number of rotatable bonds is 22. The second-order valence-electron chi connectivity index (χ2n) is 9.95. The van der Waals surface area contributed by atoms with Crippen LogP contribution >= 0.6 is 0 Å². The van der Waals surface area contributed by atoms with Gasteiger partial charge in [0, 0.05) is 25.5 Å². The van der Waals surface area contributed by atoms with Crippen LogP contribution in [0, 0.1) is 0 Å². The van der Waals surface area contributed by atoms with Crippen molar-refractivity contribution in [3.63, 3.8) is 0 Å². The van der Waals surface area contributed by atoms with E-state index in [2.05, 4.69) is 66.2 Å². The first-order valence-corrected chi connectivity index (χ1v) is 15.2. The number of ketones is 1. The minimum Gasteiger partial charge on any atom is -0.504 e. The predicted octanol–water partition coefficient (Wildman–Crippen LogP) is 5.36. The van der Waals surface area contributed by atoms with E-state index in [1.54, 1.807) is 0 Å². The average Bonchev–Trinajstić information content (AvgIpc) is 3.01. The molecule has 248 valence electrons. The molecule has 0 aliphatic heterocycles. The molecule has 0 bridgehead atoms. The minimum absolute atomic E-state index is 0.0396. The number of Topliss-reactive ketones (excluding diaryl/α,β-unsaturated/α-hetero) is 1. The number of ether oxygens (including phenoxy) is 2. The zero-order valence-corrected chi connectivity index (χ0v) is 26.2. The lowest BCUT2D eigenvalue weighted by atomic mass is 10.1. The van der Waals surface area contributed by atoms with Crippen LogP contribution in [0.15, 0.2) is 72.9 Å². The smallest absolute Gasteiger partial charge is 0.410 e. The Labute approximate surface area is 265 Å². The molecule has 1 rings (SSSR count). The summed E-state index contributed by atoms with van der Waals surface area (Å²) in [5, 5.41) is 43.2. The third kappa shape index (κ3) is 18.1. The van der Waals surface area contributed by atoms with Gasteiger partial charge in [0.25, 0.3) is 0 Å². The maximum absolute atomic E-state index is 12.4. The van der Waals surface area contributed by atoms with Crippen molar-refractivity contribution in [1.82, 2.24) is 10.6 Å². The van der Waals surface area contributed by atoms with Gasteiger partial charge in [-0.05, 0) is 51.0 Å². The SMILES string of the molecule is CC/C=C\C/C=C\C/C=C\C/C=C\C/C=C\CCCC(=O)OC(C)OC(=O)NC(CO)C(=O)CNCc1ccc(O)c(O)c1O. The van der Waals surface area contributed by atoms with Gasteiger partial charge in [0.15, 0.2) is 17.3 Å². The monoisotopic (exact) mass is 628 g/mol. The van der Waals surface area contributed by atoms with Crippen LogP contribution in [0.5, 0.6) is 17.2 Å². The summed E-state index contributed by atoms with van der Waals surface area (Å²) in [5.41, 5.74) is 0.222. The molecule has 0 radical (unpaired) electrons. The first-order chi connectivity index (χ1) is 21.7. The molecular weight excluding hydrogens is 580 g/mol. The number of esters is 1. The molecule has 1 aromatic carbocycles. The van der Waals surface area contributed by atoms with Crippen LogP contribution in [0.3, 0.4) is 0 Å². The van der Waals surface area contributed by atoms with Crippen molar-refractivity contribution in [2.24, 2.45) is 0 Å². The number of nitrogens with one attached hydrogen (secondary N) is 2. The van der Waals surface area contributed by atoms with Crippen LogP contribution < -0.4 is 10.6 Å². The van der Waals surface area contributed by atoms with Crippen molar-refractivity contribution in [2.75, 3.05) is 13.2 Å². The lowest BCUT2D eigenvalue weighted by Gasteiger charge is -2.18. The number of aliphatic hydroxyl groups excluding tert-OH is 1. The Balaban J connectivity index is 2.20. The number of benzene rings is 1. The Morgan fingerprint density at radius 3 is 1.98 bits per heavy atom. The molecule has 0 aromatic heterocycles. The van der Waals surface area contributed by atoms with E-state index >= 15 is 0 Å². The summed E-state index contributed by atoms with van der Waals surface area (Å²) >= 11 is 0. The highest BCUT2D eigenvalue weighted by molar-refractivity contribution is 5.89. The molecule has 0 heterocycles. The van der Waals surface area contributed by atoms with Crippen molar-refractivity contribution in [3.05, 3.63) is 78.5 Å². The number of amides is 1. The molecule has 45 heavy (non-hydrogen) atoms. The maximum Gasteiger partial charge on any atom is 0.410 e. The molecular formula is C34H48N2O9. The predicted molar refractivity (Wildman–Crippen MR) is 173 cm³/mol. The van der Waals surface area contributed by atoms with Crippen molar-refractivity contribution in [3.8, 4) is 17.2 Å². The van der Waals surface area contributed by atoms with Crippen LogP contribution in [0.1, 0.15) is 70.8 Å². The summed E-state index contributed by atoms with van der Waals surface area (Å²) in [6.45, 7) is 2.44. The standard InChI is InChI=1S/C34H48N2O9/c1-3-4-5-6-7-8-9-10-11-12-13-14-15-16-17-18-19-20-31(40)44-26(2)45-34(43)36-28(25-37)30(39)24-35-23-27-21-22-29(38)33(42)32(27)41/h4-5,7-8,10-11,13-14,16-17,21-22,26,28,35,37-38,41-42H,3,6,9,12,15,18-20,23-25H2,1-2H3,(H,36,43)/b5-4-,8-7-,11-10-,14-13-,17-16-. The second kappa shape index (κ2) is 24.0. The van der Waals surface area contributed by atoms with Crippen molar-refractivity contribution < 1.29 is 44.3 Å². The molecule has 0 saturated carbocycles. The highest BCUT2D eigenvalue weighted by Crippen LogP contribution is 2.36. The molecule has 11 nitrogen and oxygen atoms in total. The summed E-state index contributed by atoms with van der Waals surface area (Å²) in [7, 11) is 0. The largest absolute Gasteiger partial charge is 0.504 e. The van der Waals surface area contributed by atoms with E-state index in [-0.39, 0.29) is 25.1 Å². The summed E-state index contributed by atoms with van der Waals surface area (Å²) < 4.78 is 10.0. The van der Waals surface area contributed by atoms with Crippen molar-refractivity contribution in [2.45, 2.75) is 84.1 Å². The molecule has 2 atom stereocenters. The molecule has 0 spiro atoms. The Morgan fingerprint density at radius 1 is 0.822 bits per heavy atom. The second-order valence-corrected chi connectivity index (χ2v) is 9.95. The quantitative estimate of drug-likeness (QED) is 0.0322. The summed E-state index contributed by atoms with van der Waals surface area (Å²) in [6.07, 6.45) is 25.0. The molecule has 6 N–H and O–H groups in total. The van der Waals surface area contributed by atoms with Crippen molar-refractivity contribution in [1.29, 1.82) is 0 Å². The molecule has 11 heteroatoms. The third-order valence-electron chi connectivity index (χ3n) is 6.17. The lowest BCUT2D eigenvalue weighted by Crippen LogP contribution is -2.47. The maximum atomic E-state index is 12.4. The zero-order chi connectivity index (χ0) is 33.3. The topological polar surface area (TPSA) is 175 Å². The van der Waals surface area contributed by atoms with Gasteiger partial charge in [-0.1, -0.05) is 73.8 Å². The minimum atomic E-state index is -1.29. The highest BCUT2D eigenvalue weighted by Gasteiger charge is 2.22. The van der Waals surface area contributed by atoms with E-state index in [9.17, 15) is 34.8 Å². The van der Waals surface area contributed by atoms with Gasteiger partial charge in [-0.25, -0.2) is 4.79 Å². The average molecular weight is 629 g/mol. The Kier molecular flexibility index (Phi) is 20.6. The van der Waals surface area contributed by atoms with Crippen LogP contribution in [0.25, 0.3) is 0 Å². The van der Waals surface area contributed by atoms with E-state index in [1.165, 1.54) is 19.1 Å². The van der Waals surface area contributed by atoms with E-state index < -0.39 is 54.0 Å². The van der Waals surface area contributed by atoms with Crippen molar-refractivity contribution >= 4 is 17.8 Å². The van der Waals surface area contributed by atoms with Crippen LogP contribution in [-0.4, -0.2) is 63.8 Å². The third-order valence-corrected chi connectivity index (χ3v) is 6.17. The van der Waals surface area contributed by atoms with Gasteiger partial charge in [-0.2, -0.15) is 0 Å². The first kappa shape index (κ1) is 38.7. The van der Waals surface area contributed by atoms with Crippen LogP contribution in [0.2, 0.25) is 0 Å². The number of hydrogen-bond acceptors (Lipinski definition) is 10. The summed E-state index contributed by atoms with van der Waals surface area (Å²) in [4.78, 5) is 36.5. The van der Waals surface area contributed by atoms with E-state index in [0.717, 1.165) is 32.1 Å². The van der Waals surface area contributed by atoms with E-state index in [0.29, 0.717) is 12.8 Å². The Hall–Kier alpha value is -4.35. The van der Waals surface area contributed by atoms with Gasteiger partial charge in [0.05, 0.1) is 13.2 Å². The molecule has 0 fully saturated rings. The number of aliphatic hydroxyl groups is 1. The van der Waals surface area contributed by atoms with Crippen LogP contribution in [0.4, 0.5) is 4.79 Å². The number of phenolic OH excluding ortho intramolecular Hbond substituents is 3. The number of carbonyl (C=O) groups is 3. The van der Waals surface area contributed by atoms with Gasteiger partial charge in [0.1, 0.15) is 6.04 Å². The van der Waals surface area contributed by atoms with Gasteiger partial charge in [-0.3, -0.25) is 9.59 Å². The fourth-order valence-corrected chi connectivity index (χ4v) is 3.75. The fourth-order valence-electron chi connectivity index (χ4n) is 3.75. The molecule has 0 saturated heterocycles. The van der Waals surface area contributed by atoms with Gasteiger partial charge >= 0.3 is 12.1 Å². The van der Waals surface area contributed by atoms with Gasteiger partial charge in [-0.15, -0.1) is 0 Å². The number of allylic oxidation sites excluding steroid dienone is 10.